The van der Waals surface area contributed by atoms with Gasteiger partial charge in [0.15, 0.2) is 5.13 Å². The number of amides is 2. The molecule has 1 aliphatic rings. The number of thiazole rings is 1. The van der Waals surface area contributed by atoms with Crippen molar-refractivity contribution in [1.82, 2.24) is 14.8 Å². The van der Waals surface area contributed by atoms with Gasteiger partial charge in [0, 0.05) is 23.1 Å². The number of rotatable bonds is 4. The Morgan fingerprint density at radius 2 is 1.97 bits per heavy atom. The van der Waals surface area contributed by atoms with Crippen molar-refractivity contribution >= 4 is 34.0 Å². The third-order valence-electron chi connectivity index (χ3n) is 4.90. The summed E-state index contributed by atoms with van der Waals surface area (Å²) >= 11 is 1.37. The van der Waals surface area contributed by atoms with Gasteiger partial charge in [-0.1, -0.05) is 24.3 Å². The molecule has 5 rings (SSSR count). The first-order chi connectivity index (χ1) is 14.7. The maximum Gasteiger partial charge on any atom is 0.276 e. The van der Waals surface area contributed by atoms with Gasteiger partial charge in [-0.15, -0.1) is 11.3 Å². The van der Waals surface area contributed by atoms with Crippen LogP contribution in [0, 0.1) is 0 Å². The van der Waals surface area contributed by atoms with Crippen molar-refractivity contribution < 1.29 is 9.59 Å². The van der Waals surface area contributed by atoms with Crippen LogP contribution in [0.25, 0.3) is 16.9 Å². The molecule has 3 heterocycles. The van der Waals surface area contributed by atoms with Gasteiger partial charge >= 0.3 is 0 Å². The Hall–Kier alpha value is -3.78. The van der Waals surface area contributed by atoms with Crippen LogP contribution in [0.1, 0.15) is 22.5 Å². The van der Waals surface area contributed by atoms with Gasteiger partial charge in [-0.3, -0.25) is 14.9 Å². The highest BCUT2D eigenvalue weighted by molar-refractivity contribution is 7.14. The second-order valence-corrected chi connectivity index (χ2v) is 7.73. The number of nitrogens with one attached hydrogen (secondary N) is 2. The number of fused-ring (bicyclic) bond motifs is 1. The lowest BCUT2D eigenvalue weighted by Gasteiger charge is -2.17. The topological polar surface area (TPSA) is 88.9 Å². The van der Waals surface area contributed by atoms with E-state index >= 15 is 0 Å². The molecule has 0 atom stereocenters. The summed E-state index contributed by atoms with van der Waals surface area (Å²) in [6.07, 6.45) is 2.80. The smallest absolute Gasteiger partial charge is 0.276 e. The summed E-state index contributed by atoms with van der Waals surface area (Å²) in [6, 6.07) is 17.0. The molecule has 2 aromatic carbocycles. The quantitative estimate of drug-likeness (QED) is 0.524. The van der Waals surface area contributed by atoms with Gasteiger partial charge in [0.2, 0.25) is 5.91 Å². The van der Waals surface area contributed by atoms with Gasteiger partial charge in [0.1, 0.15) is 5.69 Å². The minimum atomic E-state index is -0.273. The zero-order chi connectivity index (χ0) is 20.5. The molecule has 0 saturated carbocycles. The van der Waals surface area contributed by atoms with Crippen molar-refractivity contribution in [1.29, 1.82) is 0 Å². The highest BCUT2D eigenvalue weighted by Crippen LogP contribution is 2.30. The Morgan fingerprint density at radius 1 is 1.10 bits per heavy atom. The lowest BCUT2D eigenvalue weighted by atomic mass is 9.99. The average Bonchev–Trinajstić information content (AvgIpc) is 3.44. The van der Waals surface area contributed by atoms with Crippen LogP contribution in [-0.2, 0) is 11.2 Å². The zero-order valence-electron chi connectivity index (χ0n) is 15.8. The van der Waals surface area contributed by atoms with E-state index in [0.717, 1.165) is 28.2 Å². The van der Waals surface area contributed by atoms with Crippen molar-refractivity contribution in [3.8, 4) is 16.9 Å². The molecule has 2 amide bonds. The molecular formula is C22H17N5O2S. The third-order valence-corrected chi connectivity index (χ3v) is 5.65. The SMILES string of the molecule is O=C1CCc2cc(-c3csc(NC(=O)c4ccnn4-c4ccccc4)n3)ccc2N1. The molecule has 0 spiro atoms. The van der Waals surface area contributed by atoms with Gasteiger partial charge in [0.05, 0.1) is 17.6 Å². The van der Waals surface area contributed by atoms with Gasteiger partial charge in [-0.2, -0.15) is 5.10 Å². The fraction of sp³-hybridized carbons (Fsp3) is 0.0909. The number of hydrogen-bond acceptors (Lipinski definition) is 5. The van der Waals surface area contributed by atoms with Crippen LogP contribution in [0.4, 0.5) is 10.8 Å². The Bertz CT molecular complexity index is 1250. The molecule has 2 aromatic heterocycles. The number of carbonyl (C=O) groups is 2. The largest absolute Gasteiger partial charge is 0.326 e. The number of benzene rings is 2. The maximum atomic E-state index is 12.8. The van der Waals surface area contributed by atoms with E-state index in [1.807, 2.05) is 53.9 Å². The van der Waals surface area contributed by atoms with Gasteiger partial charge in [-0.05, 0) is 42.3 Å². The van der Waals surface area contributed by atoms with Crippen LogP contribution in [0.15, 0.2) is 66.2 Å². The number of para-hydroxylation sites is 1. The molecular weight excluding hydrogens is 398 g/mol. The molecule has 0 radical (unpaired) electrons. The van der Waals surface area contributed by atoms with Crippen molar-refractivity contribution in [2.24, 2.45) is 0 Å². The highest BCUT2D eigenvalue weighted by atomic mass is 32.1. The van der Waals surface area contributed by atoms with Crippen LogP contribution in [0.5, 0.6) is 0 Å². The van der Waals surface area contributed by atoms with Crippen LogP contribution in [0.2, 0.25) is 0 Å². The monoisotopic (exact) mass is 415 g/mol. The molecule has 8 heteroatoms. The summed E-state index contributed by atoms with van der Waals surface area (Å²) in [4.78, 5) is 28.9. The molecule has 4 aromatic rings. The second kappa shape index (κ2) is 7.57. The standard InChI is InChI=1S/C22H17N5O2S/c28-20-9-7-14-12-15(6-8-17(14)24-20)18-13-30-22(25-18)26-21(29)19-10-11-23-27(19)16-4-2-1-3-5-16/h1-6,8,10-13H,7,9H2,(H,24,28)(H,25,26,29). The van der Waals surface area contributed by atoms with Crippen LogP contribution in [-0.4, -0.2) is 26.6 Å². The predicted octanol–water partition coefficient (Wildman–Crippen LogP) is 4.13. The van der Waals surface area contributed by atoms with E-state index in [0.29, 0.717) is 23.7 Å². The Kier molecular flexibility index (Phi) is 4.61. The molecule has 30 heavy (non-hydrogen) atoms. The van der Waals surface area contributed by atoms with Crippen molar-refractivity contribution in [2.75, 3.05) is 10.6 Å². The van der Waals surface area contributed by atoms with E-state index in [-0.39, 0.29) is 11.8 Å². The zero-order valence-corrected chi connectivity index (χ0v) is 16.6. The number of aryl methyl sites for hydroxylation is 1. The summed E-state index contributed by atoms with van der Waals surface area (Å²) in [5.41, 5.74) is 4.93. The first-order valence-corrected chi connectivity index (χ1v) is 10.3. The van der Waals surface area contributed by atoms with Crippen LogP contribution < -0.4 is 10.6 Å². The average molecular weight is 415 g/mol. The summed E-state index contributed by atoms with van der Waals surface area (Å²) in [7, 11) is 0. The van der Waals surface area contributed by atoms with E-state index in [2.05, 4.69) is 20.7 Å². The van der Waals surface area contributed by atoms with Crippen molar-refractivity contribution in [3.05, 3.63) is 77.4 Å². The molecule has 7 nitrogen and oxygen atoms in total. The minimum absolute atomic E-state index is 0.0450. The second-order valence-electron chi connectivity index (χ2n) is 6.88. The summed E-state index contributed by atoms with van der Waals surface area (Å²) in [5, 5.41) is 12.4. The van der Waals surface area contributed by atoms with Crippen LogP contribution >= 0.6 is 11.3 Å². The summed E-state index contributed by atoms with van der Waals surface area (Å²) < 4.78 is 1.60. The van der Waals surface area contributed by atoms with Crippen molar-refractivity contribution in [3.63, 3.8) is 0 Å². The van der Waals surface area contributed by atoms with E-state index in [4.69, 9.17) is 0 Å². The Morgan fingerprint density at radius 3 is 2.83 bits per heavy atom. The predicted molar refractivity (Wildman–Crippen MR) is 116 cm³/mol. The fourth-order valence-electron chi connectivity index (χ4n) is 3.42. The molecule has 1 aliphatic heterocycles. The van der Waals surface area contributed by atoms with E-state index < -0.39 is 0 Å². The molecule has 148 valence electrons. The lowest BCUT2D eigenvalue weighted by molar-refractivity contribution is -0.116. The Balaban J connectivity index is 1.36. The molecule has 2 N–H and O–H groups in total. The molecule has 0 saturated heterocycles. The van der Waals surface area contributed by atoms with Gasteiger partial charge < -0.3 is 5.32 Å². The van der Waals surface area contributed by atoms with Crippen molar-refractivity contribution in [2.45, 2.75) is 12.8 Å². The maximum absolute atomic E-state index is 12.8. The van der Waals surface area contributed by atoms with Gasteiger partial charge in [-0.25, -0.2) is 9.67 Å². The highest BCUT2D eigenvalue weighted by Gasteiger charge is 2.18. The number of anilines is 2. The summed E-state index contributed by atoms with van der Waals surface area (Å²) in [5.74, 6) is -0.228. The molecule has 0 fully saturated rings. The summed E-state index contributed by atoms with van der Waals surface area (Å²) in [6.45, 7) is 0. The van der Waals surface area contributed by atoms with Gasteiger partial charge in [0.25, 0.3) is 5.91 Å². The fourth-order valence-corrected chi connectivity index (χ4v) is 4.13. The molecule has 0 unspecified atom stereocenters. The number of nitrogens with zero attached hydrogens (tertiary/aromatic N) is 3. The van der Waals surface area contributed by atoms with E-state index in [1.54, 1.807) is 16.9 Å². The number of aromatic nitrogens is 3. The number of hydrogen-bond donors (Lipinski definition) is 2. The normalized spacial score (nSPS) is 12.9. The van der Waals surface area contributed by atoms with Crippen LogP contribution in [0.3, 0.4) is 0 Å². The minimum Gasteiger partial charge on any atom is -0.326 e. The van der Waals surface area contributed by atoms with E-state index in [1.165, 1.54) is 11.3 Å². The number of carbonyl (C=O) groups excluding carboxylic acids is 2. The first-order valence-electron chi connectivity index (χ1n) is 9.47. The third kappa shape index (κ3) is 3.48. The molecule has 0 bridgehead atoms. The first kappa shape index (κ1) is 18.3. The van der Waals surface area contributed by atoms with E-state index in [9.17, 15) is 9.59 Å². The lowest BCUT2D eigenvalue weighted by Crippen LogP contribution is -2.18. The Labute approximate surface area is 176 Å². The molecule has 0 aliphatic carbocycles.